The summed E-state index contributed by atoms with van der Waals surface area (Å²) in [4.78, 5) is 13.8. The Morgan fingerprint density at radius 1 is 1.39 bits per heavy atom. The monoisotopic (exact) mass is 341 g/mol. The Bertz CT molecular complexity index is 538. The van der Waals surface area contributed by atoms with E-state index in [4.69, 9.17) is 11.6 Å². The van der Waals surface area contributed by atoms with Crippen molar-refractivity contribution < 1.29 is 14.3 Å². The predicted molar refractivity (Wildman–Crippen MR) is 89.9 cm³/mol. The van der Waals surface area contributed by atoms with Gasteiger partial charge in [-0.1, -0.05) is 18.9 Å². The second kappa shape index (κ2) is 8.65. The number of hydrogen-bond acceptors (Lipinski definition) is 2. The molecule has 0 bridgehead atoms. The van der Waals surface area contributed by atoms with Crippen molar-refractivity contribution >= 4 is 17.5 Å². The standard InChI is InChI=1S/C18H25ClFNO2/c1-13-6-7-16(20)10-15(13)12-21(18(23)11-19)9-8-14-4-2-3-5-17(14)22/h6-7,10,14,17,22H,2-5,8-9,11-12H2,1H3/t14-,17-/m0/s1. The van der Waals surface area contributed by atoms with Crippen LogP contribution in [-0.2, 0) is 11.3 Å². The van der Waals surface area contributed by atoms with E-state index < -0.39 is 0 Å². The second-order valence-electron chi connectivity index (χ2n) is 6.42. The van der Waals surface area contributed by atoms with Crippen LogP contribution in [-0.4, -0.2) is 34.4 Å². The normalized spacial score (nSPS) is 21.2. The third kappa shape index (κ3) is 5.18. The van der Waals surface area contributed by atoms with Crippen molar-refractivity contribution in [1.29, 1.82) is 0 Å². The number of carbonyl (C=O) groups excluding carboxylic acids is 1. The van der Waals surface area contributed by atoms with Gasteiger partial charge in [-0.15, -0.1) is 11.6 Å². The molecule has 0 aliphatic heterocycles. The van der Waals surface area contributed by atoms with Crippen LogP contribution in [0.1, 0.15) is 43.2 Å². The van der Waals surface area contributed by atoms with Crippen molar-refractivity contribution in [3.05, 3.63) is 35.1 Å². The zero-order valence-corrected chi connectivity index (χ0v) is 14.4. The number of aryl methyl sites for hydroxylation is 1. The molecule has 1 N–H and O–H groups in total. The van der Waals surface area contributed by atoms with E-state index in [0.29, 0.717) is 13.1 Å². The fourth-order valence-corrected chi connectivity index (χ4v) is 3.41. The Hall–Kier alpha value is -1.13. The summed E-state index contributed by atoms with van der Waals surface area (Å²) < 4.78 is 13.4. The average Bonchev–Trinajstić information content (AvgIpc) is 2.55. The van der Waals surface area contributed by atoms with Gasteiger partial charge in [0.15, 0.2) is 0 Å². The van der Waals surface area contributed by atoms with Gasteiger partial charge in [0.2, 0.25) is 5.91 Å². The minimum absolute atomic E-state index is 0.0818. The molecule has 5 heteroatoms. The quantitative estimate of drug-likeness (QED) is 0.802. The first kappa shape index (κ1) is 18.2. The van der Waals surface area contributed by atoms with Gasteiger partial charge in [0.1, 0.15) is 11.7 Å². The minimum Gasteiger partial charge on any atom is -0.393 e. The van der Waals surface area contributed by atoms with E-state index in [-0.39, 0.29) is 29.6 Å². The number of aliphatic hydroxyl groups excluding tert-OH is 1. The van der Waals surface area contributed by atoms with Gasteiger partial charge in [0, 0.05) is 13.1 Å². The first-order valence-corrected chi connectivity index (χ1v) is 8.81. The summed E-state index contributed by atoms with van der Waals surface area (Å²) in [6.07, 6.45) is 4.55. The lowest BCUT2D eigenvalue weighted by molar-refractivity contribution is -0.129. The van der Waals surface area contributed by atoms with Gasteiger partial charge in [0.05, 0.1) is 6.10 Å². The van der Waals surface area contributed by atoms with Crippen LogP contribution < -0.4 is 0 Å². The number of amides is 1. The van der Waals surface area contributed by atoms with Gasteiger partial charge < -0.3 is 10.0 Å². The molecular weight excluding hydrogens is 317 g/mol. The van der Waals surface area contributed by atoms with Crippen LogP contribution in [0.4, 0.5) is 4.39 Å². The summed E-state index contributed by atoms with van der Waals surface area (Å²) in [5.41, 5.74) is 1.75. The summed E-state index contributed by atoms with van der Waals surface area (Å²) in [5, 5.41) is 10.1. The lowest BCUT2D eigenvalue weighted by Crippen LogP contribution is -2.35. The van der Waals surface area contributed by atoms with Gasteiger partial charge in [-0.25, -0.2) is 4.39 Å². The molecule has 2 rings (SSSR count). The van der Waals surface area contributed by atoms with Gasteiger partial charge in [0.25, 0.3) is 0 Å². The van der Waals surface area contributed by atoms with Crippen LogP contribution in [0.3, 0.4) is 0 Å². The molecule has 1 aliphatic carbocycles. The Balaban J connectivity index is 2.02. The molecule has 0 radical (unpaired) electrons. The third-order valence-corrected chi connectivity index (χ3v) is 5.01. The number of alkyl halides is 1. The van der Waals surface area contributed by atoms with Crippen molar-refractivity contribution in [2.75, 3.05) is 12.4 Å². The summed E-state index contributed by atoms with van der Waals surface area (Å²) >= 11 is 5.72. The molecule has 0 spiro atoms. The van der Waals surface area contributed by atoms with Crippen LogP contribution >= 0.6 is 11.6 Å². The molecule has 0 heterocycles. The Morgan fingerprint density at radius 2 is 2.13 bits per heavy atom. The van der Waals surface area contributed by atoms with Gasteiger partial charge in [-0.05, 0) is 55.4 Å². The number of carbonyl (C=O) groups is 1. The van der Waals surface area contributed by atoms with Crippen molar-refractivity contribution in [2.45, 2.75) is 51.7 Å². The maximum atomic E-state index is 13.4. The van der Waals surface area contributed by atoms with E-state index in [2.05, 4.69) is 0 Å². The zero-order chi connectivity index (χ0) is 16.8. The summed E-state index contributed by atoms with van der Waals surface area (Å²) in [7, 11) is 0. The number of benzene rings is 1. The number of rotatable bonds is 6. The molecule has 1 fully saturated rings. The molecule has 1 saturated carbocycles. The first-order chi connectivity index (χ1) is 11.0. The van der Waals surface area contributed by atoms with E-state index in [1.165, 1.54) is 12.1 Å². The van der Waals surface area contributed by atoms with Crippen LogP contribution in [0.25, 0.3) is 0 Å². The maximum Gasteiger partial charge on any atom is 0.237 e. The molecule has 3 nitrogen and oxygen atoms in total. The fourth-order valence-electron chi connectivity index (χ4n) is 3.24. The topological polar surface area (TPSA) is 40.5 Å². The average molecular weight is 342 g/mol. The lowest BCUT2D eigenvalue weighted by atomic mass is 9.84. The molecule has 0 saturated heterocycles. The van der Waals surface area contributed by atoms with E-state index in [9.17, 15) is 14.3 Å². The highest BCUT2D eigenvalue weighted by molar-refractivity contribution is 6.27. The van der Waals surface area contributed by atoms with Crippen molar-refractivity contribution in [1.82, 2.24) is 4.90 Å². The zero-order valence-electron chi connectivity index (χ0n) is 13.6. The molecule has 1 amide bonds. The molecule has 23 heavy (non-hydrogen) atoms. The largest absolute Gasteiger partial charge is 0.393 e. The highest BCUT2D eigenvalue weighted by Crippen LogP contribution is 2.27. The maximum absolute atomic E-state index is 13.4. The van der Waals surface area contributed by atoms with E-state index in [1.54, 1.807) is 11.0 Å². The smallest absolute Gasteiger partial charge is 0.237 e. The van der Waals surface area contributed by atoms with Crippen LogP contribution in [0.5, 0.6) is 0 Å². The van der Waals surface area contributed by atoms with Crippen molar-refractivity contribution in [2.24, 2.45) is 5.92 Å². The highest BCUT2D eigenvalue weighted by atomic mass is 35.5. The molecule has 1 aromatic rings. The number of halogens is 2. The molecule has 1 aliphatic rings. The predicted octanol–water partition coefficient (Wildman–Crippen LogP) is 3.64. The minimum atomic E-state index is -0.299. The van der Waals surface area contributed by atoms with E-state index >= 15 is 0 Å². The number of nitrogens with zero attached hydrogens (tertiary/aromatic N) is 1. The van der Waals surface area contributed by atoms with Gasteiger partial charge in [-0.3, -0.25) is 4.79 Å². The molecule has 0 unspecified atom stereocenters. The van der Waals surface area contributed by atoms with E-state index in [0.717, 1.165) is 43.2 Å². The molecule has 2 atom stereocenters. The van der Waals surface area contributed by atoms with Crippen LogP contribution in [0.15, 0.2) is 18.2 Å². The highest BCUT2D eigenvalue weighted by Gasteiger charge is 2.24. The molecule has 0 aromatic heterocycles. The van der Waals surface area contributed by atoms with Crippen molar-refractivity contribution in [3.8, 4) is 0 Å². The first-order valence-electron chi connectivity index (χ1n) is 8.28. The second-order valence-corrected chi connectivity index (χ2v) is 6.69. The number of hydrogen-bond donors (Lipinski definition) is 1. The molecular formula is C18H25ClFNO2. The number of aliphatic hydroxyl groups is 1. The SMILES string of the molecule is Cc1ccc(F)cc1CN(CC[C@@H]1CCCC[C@@H]1O)C(=O)CCl. The Morgan fingerprint density at radius 3 is 2.83 bits per heavy atom. The summed E-state index contributed by atoms with van der Waals surface area (Å²) in [6, 6.07) is 4.61. The fraction of sp³-hybridized carbons (Fsp3) is 0.611. The lowest BCUT2D eigenvalue weighted by Gasteiger charge is -2.30. The van der Waals surface area contributed by atoms with Gasteiger partial charge >= 0.3 is 0 Å². The Labute approximate surface area is 142 Å². The molecule has 1 aromatic carbocycles. The van der Waals surface area contributed by atoms with Crippen molar-refractivity contribution in [3.63, 3.8) is 0 Å². The third-order valence-electron chi connectivity index (χ3n) is 4.78. The van der Waals surface area contributed by atoms with Gasteiger partial charge in [-0.2, -0.15) is 0 Å². The van der Waals surface area contributed by atoms with Crippen LogP contribution in [0, 0.1) is 18.7 Å². The summed E-state index contributed by atoms with van der Waals surface area (Å²) in [6.45, 7) is 2.81. The summed E-state index contributed by atoms with van der Waals surface area (Å²) in [5.74, 6) is -0.295. The van der Waals surface area contributed by atoms with E-state index in [1.807, 2.05) is 6.92 Å². The molecule has 128 valence electrons. The Kier molecular flexibility index (Phi) is 6.85. The van der Waals surface area contributed by atoms with Crippen LogP contribution in [0.2, 0.25) is 0 Å².